The zero-order valence-corrected chi connectivity index (χ0v) is 26.3. The Bertz CT molecular complexity index is 1940. The number of benzene rings is 1. The van der Waals surface area contributed by atoms with Gasteiger partial charge in [-0.3, -0.25) is 33.7 Å². The third kappa shape index (κ3) is 8.20. The lowest BCUT2D eigenvalue weighted by Gasteiger charge is -2.34. The Morgan fingerprint density at radius 3 is 2.46 bits per heavy atom. The third-order valence-corrected chi connectivity index (χ3v) is 7.94. The van der Waals surface area contributed by atoms with Gasteiger partial charge in [0.15, 0.2) is 5.82 Å². The number of nitrogens with two attached hydrogens (primary N) is 1. The minimum atomic E-state index is -1.39. The van der Waals surface area contributed by atoms with Gasteiger partial charge in [-0.25, -0.2) is 14.6 Å². The van der Waals surface area contributed by atoms with Gasteiger partial charge in [-0.05, 0) is 30.7 Å². The van der Waals surface area contributed by atoms with E-state index in [0.29, 0.717) is 5.69 Å². The summed E-state index contributed by atoms with van der Waals surface area (Å²) in [5, 5.41) is 43.2. The number of nitrogens with zero attached hydrogens (tertiary/aromatic N) is 4. The van der Waals surface area contributed by atoms with Gasteiger partial charge in [0.05, 0.1) is 30.9 Å². The van der Waals surface area contributed by atoms with E-state index in [1.54, 1.807) is 12.1 Å². The number of aliphatic hydroxyl groups is 2. The number of anilines is 3. The number of nitrogens with one attached hydrogen (secondary N) is 4. The number of fused-ring (bicyclic) bond motifs is 1. The van der Waals surface area contributed by atoms with Crippen LogP contribution in [0.2, 0.25) is 0 Å². The zero-order valence-electron chi connectivity index (χ0n) is 26.3. The van der Waals surface area contributed by atoms with E-state index in [-0.39, 0.29) is 60.7 Å². The van der Waals surface area contributed by atoms with Gasteiger partial charge in [0.2, 0.25) is 5.95 Å². The Hall–Kier alpha value is -5.90. The summed E-state index contributed by atoms with van der Waals surface area (Å²) in [5.74, 6) is -3.47. The molecule has 3 aromatic rings. The summed E-state index contributed by atoms with van der Waals surface area (Å²) in [6.07, 6.45) is -0.943. The van der Waals surface area contributed by atoms with Crippen LogP contribution >= 0.6 is 0 Å². The monoisotopic (exact) mass is 700 g/mol. The second-order valence-corrected chi connectivity index (χ2v) is 11.3. The largest absolute Gasteiger partial charge is 0.481 e. The Kier molecular flexibility index (Phi) is 11.5. The van der Waals surface area contributed by atoms with Crippen LogP contribution in [0.1, 0.15) is 41.4 Å². The fraction of sp³-hybridized carbons (Fsp3) is 0.379. The fourth-order valence-corrected chi connectivity index (χ4v) is 5.40. The molecule has 0 spiro atoms. The molecule has 21 nitrogen and oxygen atoms in total. The normalized spacial score (nSPS) is 20.0. The molecule has 1 fully saturated rings. The summed E-state index contributed by atoms with van der Waals surface area (Å²) in [5.41, 5.74) is 4.22. The van der Waals surface area contributed by atoms with E-state index in [9.17, 15) is 44.1 Å². The molecule has 0 aliphatic carbocycles. The first-order valence-corrected chi connectivity index (χ1v) is 14.9. The molecule has 0 saturated carbocycles. The van der Waals surface area contributed by atoms with E-state index >= 15 is 0 Å². The van der Waals surface area contributed by atoms with E-state index in [2.05, 4.69) is 30.6 Å². The summed E-state index contributed by atoms with van der Waals surface area (Å²) in [6, 6.07) is 3.88. The van der Waals surface area contributed by atoms with Crippen molar-refractivity contribution in [3.63, 3.8) is 0 Å². The Balaban J connectivity index is 0.00000562. The molecule has 21 heteroatoms. The fourth-order valence-electron chi connectivity index (χ4n) is 5.40. The SMILES string of the molecule is N.Nc1nc2c(c(=O)[nH]1)N(Cc1cn(C3CC(O)C(CO)O3)c(=O)[nH]c1=O)C(CNc1ccc(C(=O)NC(CCC(=O)O)C(=O)O)cc1)C=N2. The van der Waals surface area contributed by atoms with Crippen molar-refractivity contribution in [1.82, 2.24) is 31.0 Å². The number of rotatable bonds is 13. The maximum absolute atomic E-state index is 13.1. The summed E-state index contributed by atoms with van der Waals surface area (Å²) in [6.45, 7) is -0.599. The molecule has 1 aromatic carbocycles. The van der Waals surface area contributed by atoms with Crippen LogP contribution < -0.4 is 44.2 Å². The highest BCUT2D eigenvalue weighted by molar-refractivity contribution is 5.97. The van der Waals surface area contributed by atoms with Gasteiger partial charge in [-0.15, -0.1) is 0 Å². The van der Waals surface area contributed by atoms with Gasteiger partial charge in [-0.1, -0.05) is 0 Å². The number of aliphatic imine (C=N–C) groups is 1. The molecule has 1 saturated heterocycles. The number of carbonyl (C=O) groups is 3. The number of aromatic nitrogens is 4. The summed E-state index contributed by atoms with van der Waals surface area (Å²) in [4.78, 5) is 88.2. The number of carbonyl (C=O) groups excluding carboxylic acids is 1. The molecular weight excluding hydrogens is 664 g/mol. The lowest BCUT2D eigenvalue weighted by molar-refractivity contribution is -0.140. The molecule has 2 aliphatic rings. The third-order valence-electron chi connectivity index (χ3n) is 7.94. The van der Waals surface area contributed by atoms with Crippen molar-refractivity contribution in [2.24, 2.45) is 4.99 Å². The number of ether oxygens (including phenoxy) is 1. The number of H-pyrrole nitrogens is 2. The molecule has 50 heavy (non-hydrogen) atoms. The Morgan fingerprint density at radius 2 is 1.82 bits per heavy atom. The van der Waals surface area contributed by atoms with Crippen molar-refractivity contribution in [2.75, 3.05) is 29.1 Å². The average Bonchev–Trinajstić information content (AvgIpc) is 3.43. The number of hydrogen-bond acceptors (Lipinski definition) is 15. The highest BCUT2D eigenvalue weighted by Crippen LogP contribution is 2.30. The number of nitrogen functional groups attached to an aromatic ring is 1. The van der Waals surface area contributed by atoms with Crippen LogP contribution in [0.15, 0.2) is 49.8 Å². The summed E-state index contributed by atoms with van der Waals surface area (Å²) < 4.78 is 6.68. The molecule has 5 unspecified atom stereocenters. The Morgan fingerprint density at radius 1 is 1.10 bits per heavy atom. The summed E-state index contributed by atoms with van der Waals surface area (Å²) >= 11 is 0. The van der Waals surface area contributed by atoms with Crippen LogP contribution in [0, 0.1) is 0 Å². The van der Waals surface area contributed by atoms with E-state index in [4.69, 9.17) is 15.6 Å². The zero-order chi connectivity index (χ0) is 35.4. The molecule has 4 heterocycles. The van der Waals surface area contributed by atoms with Gasteiger partial charge in [0, 0.05) is 43.0 Å². The first-order chi connectivity index (χ1) is 23.3. The van der Waals surface area contributed by atoms with E-state index in [0.717, 1.165) is 4.57 Å². The highest BCUT2D eigenvalue weighted by Gasteiger charge is 2.36. The average molecular weight is 701 g/mol. The molecule has 1 amide bonds. The van der Waals surface area contributed by atoms with Crippen molar-refractivity contribution in [1.29, 1.82) is 0 Å². The topological polar surface area (TPSA) is 343 Å². The van der Waals surface area contributed by atoms with E-state index < -0.39 is 78.2 Å². The molecule has 2 aliphatic heterocycles. The molecular formula is C29H36N10O11. The van der Waals surface area contributed by atoms with Crippen molar-refractivity contribution in [3.8, 4) is 0 Å². The number of aliphatic carboxylic acids is 2. The molecule has 0 bridgehead atoms. The number of hydrogen-bond donors (Lipinski definition) is 10. The number of amides is 1. The molecule has 5 rings (SSSR count). The molecule has 5 atom stereocenters. The maximum atomic E-state index is 13.1. The van der Waals surface area contributed by atoms with E-state index in [1.165, 1.54) is 29.4 Å². The van der Waals surface area contributed by atoms with Gasteiger partial charge in [-0.2, -0.15) is 4.98 Å². The lowest BCUT2D eigenvalue weighted by Crippen LogP contribution is -2.47. The standard InChI is InChI=1S/C29H33N9O11.H3N/c30-28-34-23-22(26(45)35-28)37(10-14-11-38(29(48)36-25(14)44)20-7-18(40)19(12-39)49-20)16(9-32-23)8-31-15-3-1-13(2-4-15)24(43)33-17(27(46)47)5-6-21(41)42;/h1-4,9,11,16-20,31,39-40H,5-8,10,12H2,(H,33,43)(H,41,42)(H,46,47)(H,36,44,48)(H3,30,34,35,45);1H3. The van der Waals surface area contributed by atoms with Crippen molar-refractivity contribution >= 4 is 47.2 Å². The predicted molar refractivity (Wildman–Crippen MR) is 176 cm³/mol. The smallest absolute Gasteiger partial charge is 0.330 e. The van der Waals surface area contributed by atoms with Crippen molar-refractivity contribution in [3.05, 3.63) is 72.8 Å². The van der Waals surface area contributed by atoms with Crippen molar-refractivity contribution < 1.29 is 39.5 Å². The van der Waals surface area contributed by atoms with Crippen LogP contribution in [0.5, 0.6) is 0 Å². The van der Waals surface area contributed by atoms with Gasteiger partial charge in [0.1, 0.15) is 24.1 Å². The minimum Gasteiger partial charge on any atom is -0.481 e. The van der Waals surface area contributed by atoms with Crippen molar-refractivity contribution in [2.45, 2.75) is 56.3 Å². The number of carboxylic acids is 2. The second kappa shape index (κ2) is 15.5. The van der Waals surface area contributed by atoms with E-state index in [1.807, 2.05) is 0 Å². The predicted octanol–water partition coefficient (Wildman–Crippen LogP) is -1.74. The first-order valence-electron chi connectivity index (χ1n) is 14.9. The van der Waals surface area contributed by atoms with Gasteiger partial charge >= 0.3 is 17.6 Å². The first kappa shape index (κ1) is 36.9. The number of aliphatic hydroxyl groups excluding tert-OH is 2. The molecule has 268 valence electrons. The summed E-state index contributed by atoms with van der Waals surface area (Å²) in [7, 11) is 0. The van der Waals surface area contributed by atoms with Crippen LogP contribution in [0.3, 0.4) is 0 Å². The number of carboxylic acid groups (broad SMARTS) is 2. The molecule has 13 N–H and O–H groups in total. The molecule has 2 aromatic heterocycles. The van der Waals surface area contributed by atoms with Crippen LogP contribution in [-0.4, -0.2) is 101 Å². The second-order valence-electron chi connectivity index (χ2n) is 11.3. The van der Waals surface area contributed by atoms with Crippen LogP contribution in [0.25, 0.3) is 0 Å². The van der Waals surface area contributed by atoms with Gasteiger partial charge in [0.25, 0.3) is 17.0 Å². The van der Waals surface area contributed by atoms with Gasteiger partial charge < -0.3 is 52.6 Å². The molecule has 0 radical (unpaired) electrons. The highest BCUT2D eigenvalue weighted by atomic mass is 16.5. The minimum absolute atomic E-state index is 0. The Labute approximate surface area is 281 Å². The quantitative estimate of drug-likeness (QED) is 0.0945. The maximum Gasteiger partial charge on any atom is 0.330 e. The number of aromatic amines is 2. The lowest BCUT2D eigenvalue weighted by atomic mass is 10.1. The van der Waals surface area contributed by atoms with Crippen LogP contribution in [-0.2, 0) is 20.9 Å². The van der Waals surface area contributed by atoms with Crippen LogP contribution in [0.4, 0.5) is 23.1 Å².